The van der Waals surface area contributed by atoms with E-state index in [-0.39, 0.29) is 11.7 Å². The summed E-state index contributed by atoms with van der Waals surface area (Å²) in [5, 5.41) is 2.76. The molecule has 6 nitrogen and oxygen atoms in total. The fourth-order valence-corrected chi connectivity index (χ4v) is 3.31. The van der Waals surface area contributed by atoms with E-state index in [1.165, 1.54) is 17.3 Å². The molecule has 1 N–H and O–H groups in total. The number of nitrogens with one attached hydrogen (secondary N) is 1. The maximum Gasteiger partial charge on any atom is 0.316 e. The largest absolute Gasteiger partial charge is 0.493 e. The van der Waals surface area contributed by atoms with Gasteiger partial charge in [0.25, 0.3) is 5.91 Å². The zero-order valence-corrected chi connectivity index (χ0v) is 18.0. The minimum absolute atomic E-state index is 0.196. The average Bonchev–Trinajstić information content (AvgIpc) is 2.73. The van der Waals surface area contributed by atoms with Crippen LogP contribution in [0.1, 0.15) is 23.6 Å². The summed E-state index contributed by atoms with van der Waals surface area (Å²) in [6, 6.07) is 13.6. The van der Waals surface area contributed by atoms with Crippen LogP contribution in [0.2, 0.25) is 0 Å². The molecule has 0 spiro atoms. The minimum Gasteiger partial charge on any atom is -0.493 e. The number of thioether (sulfide) groups is 1. The summed E-state index contributed by atoms with van der Waals surface area (Å²) in [6.45, 7) is 3.89. The Balaban J connectivity index is 1.73. The molecule has 0 fully saturated rings. The molecule has 2 rings (SSSR count). The molecule has 0 aromatic heterocycles. The van der Waals surface area contributed by atoms with Gasteiger partial charge in [-0.2, -0.15) is 0 Å². The molecule has 1 atom stereocenters. The quantitative estimate of drug-likeness (QED) is 0.597. The van der Waals surface area contributed by atoms with E-state index in [0.717, 1.165) is 16.9 Å². The lowest BCUT2D eigenvalue weighted by molar-refractivity contribution is -0.152. The molecule has 2 aromatic rings. The number of aryl methyl sites for hydroxylation is 1. The second kappa shape index (κ2) is 11.4. The van der Waals surface area contributed by atoms with E-state index in [1.807, 2.05) is 37.3 Å². The van der Waals surface area contributed by atoms with Crippen molar-refractivity contribution in [3.8, 4) is 11.5 Å². The molecule has 0 bridgehead atoms. The first kappa shape index (κ1) is 22.6. The Labute approximate surface area is 175 Å². The SMILES string of the molecule is COc1ccc(CNC(=O)[C@H](C)OC(=O)CSCc2ccc(C)cc2)cc1OC. The summed E-state index contributed by atoms with van der Waals surface area (Å²) >= 11 is 1.46. The maximum atomic E-state index is 12.2. The van der Waals surface area contributed by atoms with Gasteiger partial charge in [0.15, 0.2) is 17.6 Å². The van der Waals surface area contributed by atoms with Crippen molar-refractivity contribution in [2.75, 3.05) is 20.0 Å². The number of carbonyl (C=O) groups excluding carboxylic acids is 2. The summed E-state index contributed by atoms with van der Waals surface area (Å²) in [5.41, 5.74) is 3.20. The lowest BCUT2D eigenvalue weighted by atomic mass is 10.2. The normalized spacial score (nSPS) is 11.4. The van der Waals surface area contributed by atoms with Gasteiger partial charge in [-0.1, -0.05) is 35.9 Å². The van der Waals surface area contributed by atoms with Crippen LogP contribution in [0.15, 0.2) is 42.5 Å². The van der Waals surface area contributed by atoms with E-state index < -0.39 is 12.1 Å². The maximum absolute atomic E-state index is 12.2. The van der Waals surface area contributed by atoms with Crippen LogP contribution in [0.4, 0.5) is 0 Å². The molecule has 0 aliphatic rings. The molecule has 0 aliphatic carbocycles. The van der Waals surface area contributed by atoms with E-state index in [1.54, 1.807) is 33.3 Å². The summed E-state index contributed by atoms with van der Waals surface area (Å²) in [7, 11) is 3.12. The third-order valence-corrected chi connectivity index (χ3v) is 5.18. The molecule has 0 unspecified atom stereocenters. The van der Waals surface area contributed by atoms with Crippen LogP contribution in [0, 0.1) is 6.92 Å². The second-order valence-corrected chi connectivity index (χ2v) is 7.50. The first-order valence-corrected chi connectivity index (χ1v) is 10.4. The van der Waals surface area contributed by atoms with Crippen LogP contribution in [-0.2, 0) is 26.6 Å². The minimum atomic E-state index is -0.859. The Morgan fingerprint density at radius 2 is 1.66 bits per heavy atom. The predicted molar refractivity (Wildman–Crippen MR) is 114 cm³/mol. The topological polar surface area (TPSA) is 73.9 Å². The Kier molecular flexibility index (Phi) is 8.86. The number of hydrogen-bond acceptors (Lipinski definition) is 6. The molecule has 29 heavy (non-hydrogen) atoms. The van der Waals surface area contributed by atoms with Gasteiger partial charge in [0, 0.05) is 12.3 Å². The molecule has 0 aliphatic heterocycles. The van der Waals surface area contributed by atoms with Gasteiger partial charge in [-0.25, -0.2) is 0 Å². The van der Waals surface area contributed by atoms with Gasteiger partial charge in [0.1, 0.15) is 0 Å². The van der Waals surface area contributed by atoms with Gasteiger partial charge < -0.3 is 19.5 Å². The van der Waals surface area contributed by atoms with E-state index in [2.05, 4.69) is 5.32 Å². The van der Waals surface area contributed by atoms with E-state index >= 15 is 0 Å². The van der Waals surface area contributed by atoms with Crippen LogP contribution >= 0.6 is 11.8 Å². The molecule has 156 valence electrons. The standard InChI is InChI=1S/C22H27NO5S/c1-15-5-7-17(8-6-15)13-29-14-21(24)28-16(2)22(25)23-12-18-9-10-19(26-3)20(11-18)27-4/h5-11,16H,12-14H2,1-4H3,(H,23,25)/t16-/m0/s1. The summed E-state index contributed by atoms with van der Waals surface area (Å²) in [6.07, 6.45) is -0.859. The van der Waals surface area contributed by atoms with Crippen molar-refractivity contribution in [1.29, 1.82) is 0 Å². The van der Waals surface area contributed by atoms with Crippen LogP contribution in [-0.4, -0.2) is 38.0 Å². The van der Waals surface area contributed by atoms with Crippen molar-refractivity contribution in [2.24, 2.45) is 0 Å². The number of benzene rings is 2. The molecule has 0 saturated heterocycles. The van der Waals surface area contributed by atoms with Crippen molar-refractivity contribution in [2.45, 2.75) is 32.2 Å². The highest BCUT2D eigenvalue weighted by atomic mass is 32.2. The van der Waals surface area contributed by atoms with Gasteiger partial charge in [0.05, 0.1) is 20.0 Å². The molecule has 1 amide bonds. The smallest absolute Gasteiger partial charge is 0.316 e. The highest BCUT2D eigenvalue weighted by molar-refractivity contribution is 7.99. The first-order valence-electron chi connectivity index (χ1n) is 9.24. The predicted octanol–water partition coefficient (Wildman–Crippen LogP) is 3.49. The second-order valence-electron chi connectivity index (χ2n) is 6.52. The van der Waals surface area contributed by atoms with Crippen LogP contribution in [0.5, 0.6) is 11.5 Å². The number of amides is 1. The first-order chi connectivity index (χ1) is 13.9. The van der Waals surface area contributed by atoms with Crippen molar-refractivity contribution < 1.29 is 23.8 Å². The number of hydrogen-bond donors (Lipinski definition) is 1. The Bertz CT molecular complexity index is 822. The zero-order chi connectivity index (χ0) is 21.2. The summed E-state index contributed by atoms with van der Waals surface area (Å²) in [4.78, 5) is 24.2. The van der Waals surface area contributed by atoms with Crippen LogP contribution in [0.25, 0.3) is 0 Å². The van der Waals surface area contributed by atoms with Crippen molar-refractivity contribution >= 4 is 23.6 Å². The summed E-state index contributed by atoms with van der Waals surface area (Å²) in [5.74, 6) is 1.36. The molecule has 2 aromatic carbocycles. The highest BCUT2D eigenvalue weighted by Crippen LogP contribution is 2.27. The number of carbonyl (C=O) groups is 2. The van der Waals surface area contributed by atoms with E-state index in [0.29, 0.717) is 18.0 Å². The van der Waals surface area contributed by atoms with Gasteiger partial charge in [-0.05, 0) is 37.1 Å². The summed E-state index contributed by atoms with van der Waals surface area (Å²) < 4.78 is 15.7. The van der Waals surface area contributed by atoms with Crippen LogP contribution < -0.4 is 14.8 Å². The average molecular weight is 418 g/mol. The fraction of sp³-hybridized carbons (Fsp3) is 0.364. The van der Waals surface area contributed by atoms with Crippen molar-refractivity contribution in [1.82, 2.24) is 5.32 Å². The third-order valence-electron chi connectivity index (χ3n) is 4.20. The Morgan fingerprint density at radius 3 is 2.31 bits per heavy atom. The third kappa shape index (κ3) is 7.34. The van der Waals surface area contributed by atoms with Gasteiger partial charge >= 0.3 is 5.97 Å². The number of methoxy groups -OCH3 is 2. The number of ether oxygens (including phenoxy) is 3. The fourth-order valence-electron chi connectivity index (χ4n) is 2.54. The molecular weight excluding hydrogens is 390 g/mol. The van der Waals surface area contributed by atoms with E-state index in [9.17, 15) is 9.59 Å². The molecule has 0 heterocycles. The van der Waals surface area contributed by atoms with E-state index in [4.69, 9.17) is 14.2 Å². The van der Waals surface area contributed by atoms with Gasteiger partial charge in [-0.15, -0.1) is 11.8 Å². The number of rotatable bonds is 10. The van der Waals surface area contributed by atoms with Gasteiger partial charge in [-0.3, -0.25) is 9.59 Å². The molecule has 0 radical (unpaired) electrons. The highest BCUT2D eigenvalue weighted by Gasteiger charge is 2.17. The zero-order valence-electron chi connectivity index (χ0n) is 17.2. The van der Waals surface area contributed by atoms with Gasteiger partial charge in [0.2, 0.25) is 0 Å². The molecule has 7 heteroatoms. The monoisotopic (exact) mass is 417 g/mol. The lowest BCUT2D eigenvalue weighted by Gasteiger charge is -2.14. The molecular formula is C22H27NO5S. The number of esters is 1. The Morgan fingerprint density at radius 1 is 1.00 bits per heavy atom. The Hall–Kier alpha value is -2.67. The van der Waals surface area contributed by atoms with Crippen molar-refractivity contribution in [3.63, 3.8) is 0 Å². The lowest BCUT2D eigenvalue weighted by Crippen LogP contribution is -2.35. The van der Waals surface area contributed by atoms with Crippen LogP contribution in [0.3, 0.4) is 0 Å². The van der Waals surface area contributed by atoms with Crippen molar-refractivity contribution in [3.05, 3.63) is 59.2 Å². The molecule has 0 saturated carbocycles.